The third-order valence-corrected chi connectivity index (χ3v) is 7.39. The molecule has 2 aromatic heterocycles. The first-order valence-corrected chi connectivity index (χ1v) is 12.4. The molecule has 1 saturated heterocycles. The van der Waals surface area contributed by atoms with Crippen LogP contribution in [0.4, 0.5) is 0 Å². The van der Waals surface area contributed by atoms with Gasteiger partial charge in [-0.2, -0.15) is 0 Å². The normalized spacial score (nSPS) is 19.6. The number of nitrogens with zero attached hydrogens (tertiary/aromatic N) is 4. The van der Waals surface area contributed by atoms with Crippen LogP contribution in [0.1, 0.15) is 49.5 Å². The molecule has 3 atom stereocenters. The lowest BCUT2D eigenvalue weighted by atomic mass is 9.79. The van der Waals surface area contributed by atoms with Crippen LogP contribution in [0.5, 0.6) is 5.75 Å². The van der Waals surface area contributed by atoms with Crippen molar-refractivity contribution in [1.82, 2.24) is 19.4 Å². The summed E-state index contributed by atoms with van der Waals surface area (Å²) >= 11 is 0. The Morgan fingerprint density at radius 2 is 2.14 bits per heavy atom. The number of hydrogen-bond donors (Lipinski definition) is 2. The van der Waals surface area contributed by atoms with E-state index in [0.29, 0.717) is 6.42 Å². The summed E-state index contributed by atoms with van der Waals surface area (Å²) in [7, 11) is 3.64. The average Bonchev–Trinajstić information content (AvgIpc) is 3.26. The van der Waals surface area contributed by atoms with Crippen molar-refractivity contribution in [2.24, 2.45) is 18.9 Å². The third kappa shape index (κ3) is 6.38. The van der Waals surface area contributed by atoms with Gasteiger partial charge in [0, 0.05) is 43.5 Å². The summed E-state index contributed by atoms with van der Waals surface area (Å²) in [5, 5.41) is 21.5. The molecule has 1 fully saturated rings. The number of aliphatic hydroxyl groups excluding tert-OH is 1. The number of ether oxygens (including phenoxy) is 1. The van der Waals surface area contributed by atoms with Gasteiger partial charge in [-0.3, -0.25) is 9.78 Å². The summed E-state index contributed by atoms with van der Waals surface area (Å²) in [6.45, 7) is 2.73. The Hall–Kier alpha value is -2.97. The zero-order chi connectivity index (χ0) is 24.8. The molecule has 8 heteroatoms. The second-order valence-electron chi connectivity index (χ2n) is 9.68. The van der Waals surface area contributed by atoms with E-state index in [4.69, 9.17) is 4.74 Å². The standard InChI is InChI=1S/C27H36N4O4/c1-30-18-28-16-21(30)4-3-12-31-13-10-19(20(17-31)14-27(33)34)5-8-26(32)23-9-11-29-25-7-6-22(35-2)15-24(23)25/h6-7,9,11,15-16,18-20,26,32H,3-5,8,10,12-14,17H2,1-2H3,(H,33,34)/t19-,20+,26?/m1/s1. The number of carbonyl (C=O) groups is 1. The number of piperidine rings is 1. The Kier molecular flexibility index (Phi) is 8.36. The minimum Gasteiger partial charge on any atom is -0.497 e. The summed E-state index contributed by atoms with van der Waals surface area (Å²) in [6, 6.07) is 7.55. The van der Waals surface area contributed by atoms with E-state index in [1.807, 2.05) is 48.4 Å². The first-order chi connectivity index (χ1) is 16.9. The van der Waals surface area contributed by atoms with Crippen LogP contribution in [0.3, 0.4) is 0 Å². The minimum absolute atomic E-state index is 0.0967. The van der Waals surface area contributed by atoms with E-state index >= 15 is 0 Å². The van der Waals surface area contributed by atoms with E-state index in [-0.39, 0.29) is 18.3 Å². The third-order valence-electron chi connectivity index (χ3n) is 7.39. The lowest BCUT2D eigenvalue weighted by Crippen LogP contribution is -2.42. The van der Waals surface area contributed by atoms with Gasteiger partial charge in [0.25, 0.3) is 0 Å². The van der Waals surface area contributed by atoms with E-state index in [1.54, 1.807) is 13.3 Å². The molecule has 35 heavy (non-hydrogen) atoms. The number of aryl methyl sites for hydroxylation is 2. The Labute approximate surface area is 206 Å². The molecule has 0 spiro atoms. The number of aliphatic hydroxyl groups is 1. The first-order valence-electron chi connectivity index (χ1n) is 12.4. The van der Waals surface area contributed by atoms with Crippen molar-refractivity contribution in [3.8, 4) is 5.75 Å². The summed E-state index contributed by atoms with van der Waals surface area (Å²) in [4.78, 5) is 22.6. The van der Waals surface area contributed by atoms with Gasteiger partial charge < -0.3 is 24.4 Å². The summed E-state index contributed by atoms with van der Waals surface area (Å²) in [6.07, 6.45) is 9.36. The zero-order valence-corrected chi connectivity index (χ0v) is 20.6. The number of methoxy groups -OCH3 is 1. The maximum Gasteiger partial charge on any atom is 0.303 e. The second-order valence-corrected chi connectivity index (χ2v) is 9.68. The molecule has 0 aliphatic carbocycles. The molecule has 3 aromatic rings. The number of pyridine rings is 1. The molecule has 8 nitrogen and oxygen atoms in total. The van der Waals surface area contributed by atoms with Gasteiger partial charge in [0.1, 0.15) is 5.75 Å². The molecule has 1 aliphatic rings. The number of aliphatic carboxylic acids is 1. The monoisotopic (exact) mass is 480 g/mol. The Morgan fingerprint density at radius 1 is 1.29 bits per heavy atom. The number of carboxylic acids is 1. The topological polar surface area (TPSA) is 101 Å². The summed E-state index contributed by atoms with van der Waals surface area (Å²) < 4.78 is 7.40. The van der Waals surface area contributed by atoms with Gasteiger partial charge in [0.2, 0.25) is 0 Å². The van der Waals surface area contributed by atoms with Gasteiger partial charge in [-0.1, -0.05) is 0 Å². The van der Waals surface area contributed by atoms with Crippen molar-refractivity contribution >= 4 is 16.9 Å². The average molecular weight is 481 g/mol. The highest BCUT2D eigenvalue weighted by Crippen LogP contribution is 2.34. The predicted octanol–water partition coefficient (Wildman–Crippen LogP) is 3.84. The largest absolute Gasteiger partial charge is 0.497 e. The lowest BCUT2D eigenvalue weighted by Gasteiger charge is -2.38. The lowest BCUT2D eigenvalue weighted by molar-refractivity contribution is -0.139. The van der Waals surface area contributed by atoms with Crippen LogP contribution in [-0.2, 0) is 18.3 Å². The Balaban J connectivity index is 1.35. The molecule has 2 N–H and O–H groups in total. The van der Waals surface area contributed by atoms with Gasteiger partial charge >= 0.3 is 5.97 Å². The maximum atomic E-state index is 11.6. The predicted molar refractivity (Wildman–Crippen MR) is 134 cm³/mol. The minimum atomic E-state index is -0.746. The van der Waals surface area contributed by atoms with Crippen molar-refractivity contribution in [2.45, 2.75) is 44.6 Å². The first kappa shape index (κ1) is 25.1. The molecular weight excluding hydrogens is 444 g/mol. The molecule has 1 aliphatic heterocycles. The SMILES string of the molecule is COc1ccc2nccc(C(O)CC[C@@H]3CCN(CCCc4cncn4C)C[C@@H]3CC(=O)O)c2c1. The van der Waals surface area contributed by atoms with Crippen LogP contribution in [0.15, 0.2) is 43.0 Å². The van der Waals surface area contributed by atoms with Gasteiger partial charge in [0.05, 0.1) is 25.1 Å². The highest BCUT2D eigenvalue weighted by atomic mass is 16.5. The van der Waals surface area contributed by atoms with Crippen LogP contribution < -0.4 is 4.74 Å². The van der Waals surface area contributed by atoms with Gasteiger partial charge in [0.15, 0.2) is 0 Å². The zero-order valence-electron chi connectivity index (χ0n) is 20.6. The molecule has 188 valence electrons. The quantitative estimate of drug-likeness (QED) is 0.430. The summed E-state index contributed by atoms with van der Waals surface area (Å²) in [5.41, 5.74) is 2.89. The van der Waals surface area contributed by atoms with Crippen molar-refractivity contribution in [3.63, 3.8) is 0 Å². The number of benzene rings is 1. The smallest absolute Gasteiger partial charge is 0.303 e. The number of hydrogen-bond acceptors (Lipinski definition) is 6. The van der Waals surface area contributed by atoms with Crippen LogP contribution in [0.25, 0.3) is 10.9 Å². The van der Waals surface area contributed by atoms with Crippen LogP contribution >= 0.6 is 0 Å². The number of aromatic nitrogens is 3. The maximum absolute atomic E-state index is 11.6. The highest BCUT2D eigenvalue weighted by Gasteiger charge is 2.31. The number of likely N-dealkylation sites (tertiary alicyclic amines) is 1. The van der Waals surface area contributed by atoms with Gasteiger partial charge in [-0.15, -0.1) is 0 Å². The molecule has 0 bridgehead atoms. The van der Waals surface area contributed by atoms with Crippen molar-refractivity contribution in [1.29, 1.82) is 0 Å². The van der Waals surface area contributed by atoms with E-state index in [2.05, 4.69) is 14.9 Å². The van der Waals surface area contributed by atoms with Crippen molar-refractivity contribution in [2.75, 3.05) is 26.7 Å². The van der Waals surface area contributed by atoms with Crippen LogP contribution in [0, 0.1) is 11.8 Å². The Bertz CT molecular complexity index is 1130. The van der Waals surface area contributed by atoms with E-state index in [1.165, 1.54) is 5.69 Å². The van der Waals surface area contributed by atoms with E-state index in [0.717, 1.165) is 67.5 Å². The molecule has 0 amide bonds. The molecule has 1 aromatic carbocycles. The van der Waals surface area contributed by atoms with E-state index in [9.17, 15) is 15.0 Å². The number of rotatable bonds is 11. The molecule has 0 saturated carbocycles. The fourth-order valence-corrected chi connectivity index (χ4v) is 5.40. The fourth-order valence-electron chi connectivity index (χ4n) is 5.40. The number of imidazole rings is 1. The second kappa shape index (κ2) is 11.6. The molecule has 1 unspecified atom stereocenters. The van der Waals surface area contributed by atoms with Gasteiger partial charge in [-0.25, -0.2) is 4.98 Å². The molecule has 3 heterocycles. The number of fused-ring (bicyclic) bond motifs is 1. The Morgan fingerprint density at radius 3 is 2.89 bits per heavy atom. The molecular formula is C27H36N4O4. The van der Waals surface area contributed by atoms with Crippen LogP contribution in [0.2, 0.25) is 0 Å². The van der Waals surface area contributed by atoms with Crippen molar-refractivity contribution < 1.29 is 19.7 Å². The van der Waals surface area contributed by atoms with E-state index < -0.39 is 12.1 Å². The molecule has 0 radical (unpaired) electrons. The molecule has 4 rings (SSSR count). The summed E-state index contributed by atoms with van der Waals surface area (Å²) in [5.74, 6) is 0.372. The van der Waals surface area contributed by atoms with Gasteiger partial charge in [-0.05, 0) is 86.9 Å². The fraction of sp³-hybridized carbons (Fsp3) is 0.519. The van der Waals surface area contributed by atoms with Crippen LogP contribution in [-0.4, -0.2) is 62.4 Å². The highest BCUT2D eigenvalue weighted by molar-refractivity contribution is 5.83. The number of carboxylic acid groups (broad SMARTS) is 1. The van der Waals surface area contributed by atoms with Crippen molar-refractivity contribution in [3.05, 3.63) is 54.2 Å².